The summed E-state index contributed by atoms with van der Waals surface area (Å²) in [5.74, 6) is -1.76. The predicted molar refractivity (Wildman–Crippen MR) is 181 cm³/mol. The van der Waals surface area contributed by atoms with Gasteiger partial charge in [0.25, 0.3) is 0 Å². The molecule has 8 bridgehead atoms. The van der Waals surface area contributed by atoms with Crippen molar-refractivity contribution in [1.82, 2.24) is 4.98 Å². The van der Waals surface area contributed by atoms with Crippen LogP contribution in [0, 0.1) is 6.92 Å². The van der Waals surface area contributed by atoms with Gasteiger partial charge in [0.15, 0.2) is 0 Å². The van der Waals surface area contributed by atoms with E-state index in [1.54, 1.807) is 0 Å². The van der Waals surface area contributed by atoms with E-state index in [0.29, 0.717) is 18.2 Å². The fourth-order valence-electron chi connectivity index (χ4n) is 6.59. The van der Waals surface area contributed by atoms with E-state index >= 15 is 0 Å². The number of fused-ring (bicyclic) bond motifs is 8. The topological polar surface area (TPSA) is 131 Å². The summed E-state index contributed by atoms with van der Waals surface area (Å²) in [6.45, 7) is 12.1. The molecule has 1 aromatic heterocycles. The van der Waals surface area contributed by atoms with E-state index in [0.717, 1.165) is 71.9 Å². The van der Waals surface area contributed by atoms with Crippen molar-refractivity contribution < 1.29 is 36.9 Å². The van der Waals surface area contributed by atoms with Crippen LogP contribution in [0.4, 0.5) is 0 Å². The number of thiol groups is 2. The molecule has 4 aliphatic rings. The van der Waals surface area contributed by atoms with Gasteiger partial charge in [0, 0.05) is 18.1 Å². The fraction of sp³-hybridized carbons (Fsp3) is 0.412. The van der Waals surface area contributed by atoms with Crippen molar-refractivity contribution in [2.75, 3.05) is 0 Å². The molecule has 4 atom stereocenters. The summed E-state index contributed by atoms with van der Waals surface area (Å²) >= 11 is 9.55. The first kappa shape index (κ1) is 34.9. The minimum absolute atomic E-state index is 0. The van der Waals surface area contributed by atoms with Gasteiger partial charge in [-0.1, -0.05) is 63.2 Å². The first-order valence-electron chi connectivity index (χ1n) is 14.8. The summed E-state index contributed by atoms with van der Waals surface area (Å²) < 4.78 is 0. The Morgan fingerprint density at radius 3 is 2.09 bits per heavy atom. The minimum Gasteiger partial charge on any atom is -0.675 e. The molecule has 0 aromatic carbocycles. The maximum atomic E-state index is 11.6. The van der Waals surface area contributed by atoms with Crippen molar-refractivity contribution in [3.05, 3.63) is 105 Å². The summed E-state index contributed by atoms with van der Waals surface area (Å²) in [6, 6.07) is -0.994. The summed E-state index contributed by atoms with van der Waals surface area (Å²) in [4.78, 5) is 29.1. The molecule has 0 amide bonds. The van der Waals surface area contributed by atoms with Crippen molar-refractivity contribution >= 4 is 49.3 Å². The number of rotatable bonds is 7. The van der Waals surface area contributed by atoms with Crippen molar-refractivity contribution in [1.29, 1.82) is 0 Å². The Labute approximate surface area is 286 Å². The number of aliphatic carboxylic acids is 2. The molecule has 0 aliphatic carbocycles. The van der Waals surface area contributed by atoms with Crippen LogP contribution in [-0.2, 0) is 33.1 Å². The number of carboxylic acid groups (broad SMARTS) is 2. The van der Waals surface area contributed by atoms with Gasteiger partial charge < -0.3 is 31.1 Å². The monoisotopic (exact) mass is 686 g/mol. The van der Waals surface area contributed by atoms with Crippen molar-refractivity contribution in [3.8, 4) is 0 Å². The molecule has 0 fully saturated rings. The molecule has 8 nitrogen and oxygen atoms in total. The molecule has 0 spiro atoms. The predicted octanol–water partition coefficient (Wildman–Crippen LogP) is 5.87. The normalized spacial score (nSPS) is 27.9. The van der Waals surface area contributed by atoms with Crippen LogP contribution in [0.15, 0.2) is 67.6 Å². The van der Waals surface area contributed by atoms with Gasteiger partial charge in [-0.25, -0.2) is 0 Å². The molecule has 2 N–H and O–H groups in total. The van der Waals surface area contributed by atoms with E-state index in [1.165, 1.54) is 0 Å². The van der Waals surface area contributed by atoms with Gasteiger partial charge >= 0.3 is 29.0 Å². The van der Waals surface area contributed by atoms with Gasteiger partial charge in [-0.05, 0) is 64.9 Å². The number of carboxylic acids is 2. The van der Waals surface area contributed by atoms with E-state index in [2.05, 4.69) is 13.0 Å². The molecule has 5 heterocycles. The zero-order chi connectivity index (χ0) is 32.0. The van der Waals surface area contributed by atoms with Crippen LogP contribution in [-0.4, -0.2) is 45.5 Å². The van der Waals surface area contributed by atoms with Crippen LogP contribution in [0.25, 0.3) is 28.1 Å². The third-order valence-electron chi connectivity index (χ3n) is 8.92. The van der Waals surface area contributed by atoms with Gasteiger partial charge in [0.2, 0.25) is 0 Å². The fourth-order valence-corrected chi connectivity index (χ4v) is 7.24. The minimum atomic E-state index is -0.883. The van der Waals surface area contributed by atoms with Gasteiger partial charge in [-0.3, -0.25) is 9.59 Å². The van der Waals surface area contributed by atoms with Crippen LogP contribution >= 0.6 is 25.3 Å². The summed E-state index contributed by atoms with van der Waals surface area (Å²) in [7, 11) is 0. The standard InChI is InChI=1S/C34H38N4O4S2.Fe/c1-15-21(7-9-31(39)40)27-14-28-22(8-10-32(41)42)16(2)24(36-28)12-29-34(20(6)44)18(4)26(38-29)13-30-33(19(5)43)17(3)25(37-30)11-23(15)35-27;/h11-14,20,27,29-30,43-44H,7-10H2,1-6H3,(H,39,40)(H,41,42);/q-4;+4/b23-11-,24-12-,26-13-,28-14-,33-19-;/t20-,27+,29+,30-;/m0./s1. The second-order valence-electron chi connectivity index (χ2n) is 11.8. The molecule has 1 aromatic rings. The van der Waals surface area contributed by atoms with Crippen molar-refractivity contribution in [2.45, 2.75) is 90.6 Å². The molecule has 45 heavy (non-hydrogen) atoms. The largest absolute Gasteiger partial charge is 4.00 e. The van der Waals surface area contributed by atoms with Gasteiger partial charge in [-0.2, -0.15) is 12.6 Å². The van der Waals surface area contributed by atoms with E-state index in [1.807, 2.05) is 52.8 Å². The molecule has 5 rings (SSSR count). The quantitative estimate of drug-likeness (QED) is 0.211. The second kappa shape index (κ2) is 13.8. The number of hydrogen-bond acceptors (Lipinski definition) is 4. The van der Waals surface area contributed by atoms with Gasteiger partial charge in [0.05, 0.1) is 0 Å². The maximum Gasteiger partial charge on any atom is 4.00 e. The van der Waals surface area contributed by atoms with Crippen LogP contribution in [0.3, 0.4) is 0 Å². The zero-order valence-electron chi connectivity index (χ0n) is 26.2. The Morgan fingerprint density at radius 1 is 0.844 bits per heavy atom. The number of aromatic nitrogens is 1. The number of carbonyl (C=O) groups is 2. The first-order chi connectivity index (χ1) is 20.8. The van der Waals surface area contributed by atoms with E-state index < -0.39 is 18.0 Å². The molecule has 0 saturated carbocycles. The third kappa shape index (κ3) is 6.92. The summed E-state index contributed by atoms with van der Waals surface area (Å²) in [5, 5.41) is 35.7. The molecule has 238 valence electrons. The maximum absolute atomic E-state index is 11.6. The summed E-state index contributed by atoms with van der Waals surface area (Å²) in [5.41, 5.74) is 10.2. The van der Waals surface area contributed by atoms with Crippen molar-refractivity contribution in [3.63, 3.8) is 0 Å². The van der Waals surface area contributed by atoms with Crippen molar-refractivity contribution in [2.24, 2.45) is 0 Å². The van der Waals surface area contributed by atoms with Crippen LogP contribution in [0.1, 0.15) is 65.0 Å². The smallest absolute Gasteiger partial charge is 0.675 e. The van der Waals surface area contributed by atoms with Crippen LogP contribution in [0.2, 0.25) is 0 Å². The molecular formula is C34H38FeN4O4S2. The Bertz CT molecular complexity index is 1760. The molecule has 0 unspecified atom stereocenters. The first-order valence-corrected chi connectivity index (χ1v) is 15.8. The second-order valence-corrected chi connectivity index (χ2v) is 13.3. The van der Waals surface area contributed by atoms with Gasteiger partial charge in [-0.15, -0.1) is 58.6 Å². The molecule has 11 heteroatoms. The molecule has 0 radical (unpaired) electrons. The van der Waals surface area contributed by atoms with E-state index in [-0.39, 0.29) is 47.2 Å². The SMILES string of the molecule is CC1=C(CCC(=O)O)[C@H]2/C=c3\[n-]/c(c(C)c3CCC(=O)O)=C\[C@H]3[N-]/C(=C\[C@@H]4[N-]C(=C(C)C/4=C(\C)S)/C=C/1[N-]2)C(C)=C3[C@H](C)S.[Fe+4]. The Morgan fingerprint density at radius 2 is 1.47 bits per heavy atom. The third-order valence-corrected chi connectivity index (χ3v) is 9.44. The number of hydrogen-bond donors (Lipinski definition) is 4. The van der Waals surface area contributed by atoms with E-state index in [4.69, 9.17) is 46.2 Å². The van der Waals surface area contributed by atoms with Crippen LogP contribution < -0.4 is 15.7 Å². The average Bonchev–Trinajstić information content (AvgIpc) is 3.59. The average molecular weight is 687 g/mol. The van der Waals surface area contributed by atoms with Crippen LogP contribution in [0.5, 0.6) is 0 Å². The molecule has 0 saturated heterocycles. The Kier molecular flexibility index (Phi) is 10.7. The van der Waals surface area contributed by atoms with Gasteiger partial charge in [0.1, 0.15) is 0 Å². The molecule has 4 aliphatic heterocycles. The Hall–Kier alpha value is -2.98. The number of allylic oxidation sites excluding steroid dienone is 4. The Balaban J connectivity index is 0.00000461. The summed E-state index contributed by atoms with van der Waals surface area (Å²) in [6.07, 6.45) is 8.67. The zero-order valence-corrected chi connectivity index (χ0v) is 29.1. The van der Waals surface area contributed by atoms with E-state index in [9.17, 15) is 19.8 Å². The number of nitrogens with zero attached hydrogens (tertiary/aromatic N) is 4. The molecular weight excluding hydrogens is 648 g/mol.